The molecule has 9 heteroatoms. The summed E-state index contributed by atoms with van der Waals surface area (Å²) in [4.78, 5) is 12.6. The van der Waals surface area contributed by atoms with Gasteiger partial charge in [0.2, 0.25) is 0 Å². The highest BCUT2D eigenvalue weighted by Crippen LogP contribution is 2.67. The van der Waals surface area contributed by atoms with Crippen LogP contribution in [-0.2, 0) is 28.0 Å². The van der Waals surface area contributed by atoms with E-state index in [0.717, 1.165) is 61.2 Å². The number of hydrogen-bond acceptors (Lipinski definition) is 7. The van der Waals surface area contributed by atoms with Crippen LogP contribution >= 0.6 is 7.37 Å². The summed E-state index contributed by atoms with van der Waals surface area (Å²) in [5.41, 5.74) is 2.34. The lowest BCUT2D eigenvalue weighted by atomic mass is 9.47. The maximum atomic E-state index is 12.6. The summed E-state index contributed by atoms with van der Waals surface area (Å²) in [7, 11) is -2.45. The molecule has 3 fully saturated rings. The third-order valence-corrected chi connectivity index (χ3v) is 15.1. The number of carbonyl (C=O) groups excluding carboxylic acids is 1. The van der Waals surface area contributed by atoms with Gasteiger partial charge in [0.1, 0.15) is 6.10 Å². The van der Waals surface area contributed by atoms with Crippen molar-refractivity contribution in [1.29, 1.82) is 0 Å². The molecule has 4 rings (SSSR count). The van der Waals surface area contributed by atoms with Gasteiger partial charge in [0, 0.05) is 32.4 Å². The van der Waals surface area contributed by atoms with Crippen molar-refractivity contribution >= 4 is 13.5 Å². The van der Waals surface area contributed by atoms with Crippen molar-refractivity contribution in [3.05, 3.63) is 11.6 Å². The van der Waals surface area contributed by atoms with E-state index in [1.807, 2.05) is 6.92 Å². The van der Waals surface area contributed by atoms with E-state index < -0.39 is 7.37 Å². The number of allylic oxidation sites excluding steroid dienone is 1. The molecule has 0 aromatic carbocycles. The van der Waals surface area contributed by atoms with Crippen LogP contribution in [0.4, 0.5) is 4.79 Å². The molecule has 4 aliphatic rings. The first-order valence-electron chi connectivity index (χ1n) is 20.0. The van der Waals surface area contributed by atoms with Gasteiger partial charge in [-0.05, 0) is 97.7 Å². The second-order valence-electron chi connectivity index (χ2n) is 16.8. The van der Waals surface area contributed by atoms with Crippen LogP contribution in [0.1, 0.15) is 119 Å². The topological polar surface area (TPSA) is 92.3 Å². The molecule has 9 unspecified atom stereocenters. The number of ether oxygens (including phenoxy) is 4. The first-order chi connectivity index (χ1) is 23.4. The predicted octanol–water partition coefficient (Wildman–Crippen LogP) is 9.51. The van der Waals surface area contributed by atoms with Crippen molar-refractivity contribution in [2.24, 2.45) is 46.3 Å². The molecule has 284 valence electrons. The Balaban J connectivity index is 1.08. The standard InChI is InChI=1S/C40H72NO7P/c1-8-49(7,43)47-28-27-46-26-25-45-24-23-44-22-10-21-41-38(42)48-33-17-19-39(5)32(29-33)13-14-34-36-16-15-35(31(4)12-9-11-30(2)3)40(36,6)20-18-37(34)39/h13,30-31,33-37H,8-12,14-29H2,1-7H3,(H,41,42). The number of rotatable bonds is 21. The minimum absolute atomic E-state index is 0.0260. The SMILES string of the molecule is CCP(C)(=O)OCCOCCOCCOCCCNC(=O)OC1CCC2(C)C(=CCC3C2CCC2(C)C(C(C)CCCC(C)C)CCC32)C1. The molecule has 0 aromatic heterocycles. The van der Waals surface area contributed by atoms with Gasteiger partial charge in [-0.25, -0.2) is 4.79 Å². The molecule has 0 bridgehead atoms. The normalized spacial score (nSPS) is 32.8. The number of amides is 1. The van der Waals surface area contributed by atoms with Gasteiger partial charge in [-0.2, -0.15) is 0 Å². The molecule has 0 radical (unpaired) electrons. The summed E-state index contributed by atoms with van der Waals surface area (Å²) < 4.78 is 39.7. The van der Waals surface area contributed by atoms with Crippen molar-refractivity contribution < 1.29 is 32.8 Å². The fourth-order valence-electron chi connectivity index (χ4n) is 10.2. The van der Waals surface area contributed by atoms with Crippen LogP contribution in [0, 0.1) is 46.3 Å². The largest absolute Gasteiger partial charge is 0.446 e. The van der Waals surface area contributed by atoms with Crippen molar-refractivity contribution in [2.75, 3.05) is 65.6 Å². The lowest BCUT2D eigenvalue weighted by molar-refractivity contribution is -0.0581. The van der Waals surface area contributed by atoms with Crippen LogP contribution in [-0.4, -0.2) is 77.8 Å². The number of nitrogens with one attached hydrogen (secondary N) is 1. The lowest BCUT2D eigenvalue weighted by Gasteiger charge is -2.58. The van der Waals surface area contributed by atoms with Crippen molar-refractivity contribution in [1.82, 2.24) is 5.32 Å². The van der Waals surface area contributed by atoms with E-state index in [4.69, 9.17) is 23.5 Å². The van der Waals surface area contributed by atoms with E-state index in [1.165, 1.54) is 51.4 Å². The highest BCUT2D eigenvalue weighted by Gasteiger charge is 2.59. The molecule has 1 amide bonds. The molecular weight excluding hydrogens is 637 g/mol. The maximum absolute atomic E-state index is 12.6. The first kappa shape index (κ1) is 40.8. The zero-order valence-electron chi connectivity index (χ0n) is 32.3. The monoisotopic (exact) mass is 710 g/mol. The Morgan fingerprint density at radius 1 is 0.898 bits per heavy atom. The Hall–Kier alpha value is -0.920. The van der Waals surface area contributed by atoms with Crippen molar-refractivity contribution in [3.8, 4) is 0 Å². The molecule has 1 N–H and O–H groups in total. The maximum Gasteiger partial charge on any atom is 0.407 e. The average molecular weight is 710 g/mol. The van der Waals surface area contributed by atoms with Gasteiger partial charge in [0.25, 0.3) is 0 Å². The molecule has 4 aliphatic carbocycles. The molecule has 8 nitrogen and oxygen atoms in total. The average Bonchev–Trinajstić information content (AvgIpc) is 3.42. The van der Waals surface area contributed by atoms with Crippen molar-refractivity contribution in [2.45, 2.75) is 125 Å². The molecule has 0 aliphatic heterocycles. The zero-order valence-corrected chi connectivity index (χ0v) is 33.2. The van der Waals surface area contributed by atoms with Gasteiger partial charge in [0.15, 0.2) is 7.37 Å². The van der Waals surface area contributed by atoms with E-state index in [9.17, 15) is 9.36 Å². The highest BCUT2D eigenvalue weighted by atomic mass is 31.2. The van der Waals surface area contributed by atoms with Crippen LogP contribution < -0.4 is 5.32 Å². The number of hydrogen-bond donors (Lipinski definition) is 1. The van der Waals surface area contributed by atoms with Crippen LogP contribution in [0.25, 0.3) is 0 Å². The van der Waals surface area contributed by atoms with Crippen LogP contribution in [0.15, 0.2) is 11.6 Å². The Morgan fingerprint density at radius 2 is 1.59 bits per heavy atom. The summed E-state index contributed by atoms with van der Waals surface area (Å²) >= 11 is 0. The molecule has 9 atom stereocenters. The van der Waals surface area contributed by atoms with Crippen LogP contribution in [0.3, 0.4) is 0 Å². The molecular formula is C40H72NO7P. The number of alkyl carbamates (subject to hydrolysis) is 1. The zero-order chi connectivity index (χ0) is 35.5. The summed E-state index contributed by atoms with van der Waals surface area (Å²) in [5, 5.41) is 2.93. The van der Waals surface area contributed by atoms with Gasteiger partial charge in [0.05, 0.1) is 39.6 Å². The van der Waals surface area contributed by atoms with Gasteiger partial charge in [-0.15, -0.1) is 0 Å². The number of carbonyl (C=O) groups is 1. The third kappa shape index (κ3) is 11.3. The van der Waals surface area contributed by atoms with E-state index in [0.29, 0.717) is 64.4 Å². The second kappa shape index (κ2) is 19.2. The first-order valence-corrected chi connectivity index (χ1v) is 22.2. The molecule has 0 spiro atoms. The minimum Gasteiger partial charge on any atom is -0.446 e. The number of fused-ring (bicyclic) bond motifs is 5. The van der Waals surface area contributed by atoms with E-state index in [2.05, 4.69) is 46.0 Å². The summed E-state index contributed by atoms with van der Waals surface area (Å²) in [6, 6.07) is 0. The lowest BCUT2D eigenvalue weighted by Crippen LogP contribution is -2.51. The Labute approximate surface area is 299 Å². The summed E-state index contributed by atoms with van der Waals surface area (Å²) in [5.74, 6) is 5.03. The fourth-order valence-corrected chi connectivity index (χ4v) is 10.9. The second-order valence-corrected chi connectivity index (χ2v) is 19.8. The van der Waals surface area contributed by atoms with E-state index >= 15 is 0 Å². The molecule has 0 heterocycles. The van der Waals surface area contributed by atoms with Gasteiger partial charge in [-0.3, -0.25) is 4.57 Å². The Kier molecular flexibility index (Phi) is 16.0. The molecule has 3 saturated carbocycles. The third-order valence-electron chi connectivity index (χ3n) is 13.2. The molecule has 0 aromatic rings. The van der Waals surface area contributed by atoms with Gasteiger partial charge < -0.3 is 28.8 Å². The quantitative estimate of drug-likeness (QED) is 0.0721. The fraction of sp³-hybridized carbons (Fsp3) is 0.925. The predicted molar refractivity (Wildman–Crippen MR) is 198 cm³/mol. The smallest absolute Gasteiger partial charge is 0.407 e. The van der Waals surface area contributed by atoms with E-state index in [-0.39, 0.29) is 17.6 Å². The van der Waals surface area contributed by atoms with Crippen LogP contribution in [0.2, 0.25) is 0 Å². The van der Waals surface area contributed by atoms with Crippen molar-refractivity contribution in [3.63, 3.8) is 0 Å². The Morgan fingerprint density at radius 3 is 2.29 bits per heavy atom. The van der Waals surface area contributed by atoms with E-state index in [1.54, 1.807) is 12.2 Å². The molecule has 0 saturated heterocycles. The van der Waals surface area contributed by atoms with Gasteiger partial charge >= 0.3 is 6.09 Å². The molecule has 49 heavy (non-hydrogen) atoms. The van der Waals surface area contributed by atoms with Crippen LogP contribution in [0.5, 0.6) is 0 Å². The summed E-state index contributed by atoms with van der Waals surface area (Å²) in [6.45, 7) is 19.8. The highest BCUT2D eigenvalue weighted by molar-refractivity contribution is 7.58. The summed E-state index contributed by atoms with van der Waals surface area (Å²) in [6.07, 6.45) is 17.5. The van der Waals surface area contributed by atoms with Gasteiger partial charge in [-0.1, -0.05) is 72.5 Å². The Bertz CT molecular complexity index is 1100. The minimum atomic E-state index is -2.45.